The molecule has 1 atom stereocenters. The van der Waals surface area contributed by atoms with Crippen LogP contribution < -0.4 is 14.6 Å². The van der Waals surface area contributed by atoms with Crippen molar-refractivity contribution in [2.75, 3.05) is 14.2 Å². The van der Waals surface area contributed by atoms with Gasteiger partial charge in [-0.25, -0.2) is 4.79 Å². The Kier molecular flexibility index (Phi) is 7.39. The fourth-order valence-corrected chi connectivity index (χ4v) is 3.99. The maximum atomic E-state index is 12.6. The second-order valence-electron chi connectivity index (χ2n) is 6.94. The molecule has 2 aromatic rings. The third-order valence-corrected chi connectivity index (χ3v) is 5.68. The number of rotatable bonds is 8. The first-order valence-electron chi connectivity index (χ1n) is 9.71. The molecule has 0 unspecified atom stereocenters. The van der Waals surface area contributed by atoms with Gasteiger partial charge >= 0.3 is 5.97 Å². The molecule has 0 spiro atoms. The summed E-state index contributed by atoms with van der Waals surface area (Å²) in [5, 5.41) is 10.4. The zero-order valence-electron chi connectivity index (χ0n) is 18.0. The van der Waals surface area contributed by atoms with Crippen molar-refractivity contribution < 1.29 is 38.5 Å². The number of carbonyl (C=O) groups is 4. The van der Waals surface area contributed by atoms with Crippen LogP contribution in [0.2, 0.25) is 0 Å². The topological polar surface area (TPSA) is 122 Å². The molecule has 172 valence electrons. The number of carbonyl (C=O) groups excluding carboxylic acids is 4. The molecule has 3 rings (SSSR count). The predicted octanol–water partition coefficient (Wildman–Crippen LogP) is 2.24. The average Bonchev–Trinajstić information content (AvgIpc) is 3.09. The van der Waals surface area contributed by atoms with E-state index < -0.39 is 29.1 Å². The van der Waals surface area contributed by atoms with Gasteiger partial charge in [0, 0.05) is 0 Å². The monoisotopic (exact) mass is 470 g/mol. The van der Waals surface area contributed by atoms with Crippen molar-refractivity contribution in [3.63, 3.8) is 0 Å². The molecule has 0 radical (unpaired) electrons. The number of nitrogens with zero attached hydrogens (tertiary/aromatic N) is 1. The summed E-state index contributed by atoms with van der Waals surface area (Å²) in [5.41, 5.74) is 1.26. The zero-order chi connectivity index (χ0) is 24.1. The van der Waals surface area contributed by atoms with Crippen molar-refractivity contribution in [1.82, 2.24) is 4.90 Å². The third kappa shape index (κ3) is 5.35. The smallest absolute Gasteiger partial charge is 0.328 e. The van der Waals surface area contributed by atoms with Crippen molar-refractivity contribution in [3.05, 3.63) is 64.1 Å². The molecule has 0 saturated carbocycles. The van der Waals surface area contributed by atoms with E-state index in [9.17, 15) is 24.3 Å². The number of amides is 2. The molecule has 33 heavy (non-hydrogen) atoms. The number of ether oxygens (including phenoxy) is 3. The van der Waals surface area contributed by atoms with Crippen LogP contribution in [0.4, 0.5) is 4.79 Å². The number of imide groups is 1. The van der Waals surface area contributed by atoms with E-state index in [0.717, 1.165) is 16.7 Å². The fourth-order valence-electron chi connectivity index (χ4n) is 3.08. The minimum Gasteiger partial charge on any atom is -0.545 e. The lowest BCUT2D eigenvalue weighted by Crippen LogP contribution is -2.42. The van der Waals surface area contributed by atoms with Crippen molar-refractivity contribution in [2.24, 2.45) is 0 Å². The first-order chi connectivity index (χ1) is 15.7. The van der Waals surface area contributed by atoms with E-state index in [-0.39, 0.29) is 17.1 Å². The van der Waals surface area contributed by atoms with E-state index in [4.69, 9.17) is 9.47 Å². The van der Waals surface area contributed by atoms with E-state index in [1.165, 1.54) is 39.4 Å². The van der Waals surface area contributed by atoms with E-state index in [1.807, 2.05) is 0 Å². The quantitative estimate of drug-likeness (QED) is 0.422. The second-order valence-corrected chi connectivity index (χ2v) is 7.93. The molecule has 9 nitrogen and oxygen atoms in total. The van der Waals surface area contributed by atoms with Crippen molar-refractivity contribution in [3.8, 4) is 11.5 Å². The summed E-state index contributed by atoms with van der Waals surface area (Å²) in [4.78, 5) is 48.6. The van der Waals surface area contributed by atoms with E-state index in [1.54, 1.807) is 30.3 Å². The van der Waals surface area contributed by atoms with Gasteiger partial charge in [-0.2, -0.15) is 0 Å². The summed E-state index contributed by atoms with van der Waals surface area (Å²) in [5.74, 6) is -1.77. The summed E-state index contributed by atoms with van der Waals surface area (Å²) in [7, 11) is 2.64. The van der Waals surface area contributed by atoms with E-state index in [0.29, 0.717) is 22.6 Å². The van der Waals surface area contributed by atoms with Gasteiger partial charge in [-0.3, -0.25) is 14.5 Å². The van der Waals surface area contributed by atoms with Crippen LogP contribution in [0.25, 0.3) is 6.08 Å². The summed E-state index contributed by atoms with van der Waals surface area (Å²) >= 11 is 0.727. The highest BCUT2D eigenvalue weighted by molar-refractivity contribution is 8.18. The van der Waals surface area contributed by atoms with Crippen molar-refractivity contribution in [1.29, 1.82) is 0 Å². The number of carboxylic acid groups (broad SMARTS) is 1. The van der Waals surface area contributed by atoms with Gasteiger partial charge in [-0.15, -0.1) is 0 Å². The maximum Gasteiger partial charge on any atom is 0.328 e. The van der Waals surface area contributed by atoms with Gasteiger partial charge in [0.15, 0.2) is 11.5 Å². The largest absolute Gasteiger partial charge is 0.545 e. The highest BCUT2D eigenvalue weighted by Gasteiger charge is 2.41. The van der Waals surface area contributed by atoms with Gasteiger partial charge < -0.3 is 24.1 Å². The number of carboxylic acids is 1. The lowest BCUT2D eigenvalue weighted by molar-refractivity contribution is -0.255. The number of methoxy groups -OCH3 is 2. The highest BCUT2D eigenvalue weighted by Crippen LogP contribution is 2.35. The Balaban J connectivity index is 1.77. The second kappa shape index (κ2) is 10.2. The number of hydrogen-bond donors (Lipinski definition) is 0. The normalized spacial score (nSPS) is 15.5. The summed E-state index contributed by atoms with van der Waals surface area (Å²) in [6.07, 6.45) is 1.52. The van der Waals surface area contributed by atoms with Crippen LogP contribution in [-0.4, -0.2) is 48.2 Å². The molecule has 0 bridgehead atoms. The first-order valence-corrected chi connectivity index (χ1v) is 10.5. The Morgan fingerprint density at radius 3 is 2.55 bits per heavy atom. The standard InChI is InChI=1S/C23H21NO8S/c1-13(22(28)31-3)24-20(25)19(33-23(24)29)11-14-7-8-17(18(10-14)30-2)32-12-15-5-4-6-16(9-15)21(26)27/h4-11,13H,12H2,1-3H3,(H,26,27)/p-1/b19-11-/t13-/m1/s1. The van der Waals surface area contributed by atoms with E-state index >= 15 is 0 Å². The minimum atomic E-state index is -1.27. The first kappa shape index (κ1) is 23.9. The maximum absolute atomic E-state index is 12.6. The van der Waals surface area contributed by atoms with Gasteiger partial charge in [0.25, 0.3) is 11.1 Å². The van der Waals surface area contributed by atoms with Crippen LogP contribution in [0.3, 0.4) is 0 Å². The minimum absolute atomic E-state index is 0.0499. The zero-order valence-corrected chi connectivity index (χ0v) is 18.8. The van der Waals surface area contributed by atoms with Crippen LogP contribution in [0.15, 0.2) is 47.4 Å². The predicted molar refractivity (Wildman–Crippen MR) is 117 cm³/mol. The van der Waals surface area contributed by atoms with Gasteiger partial charge in [0.2, 0.25) is 0 Å². The lowest BCUT2D eigenvalue weighted by Gasteiger charge is -2.18. The Bertz CT molecular complexity index is 1140. The molecule has 1 aliphatic rings. The van der Waals surface area contributed by atoms with Gasteiger partial charge in [0.05, 0.1) is 25.1 Å². The van der Waals surface area contributed by atoms with Crippen LogP contribution in [0, 0.1) is 0 Å². The molecule has 1 aliphatic heterocycles. The summed E-state index contributed by atoms with van der Waals surface area (Å²) < 4.78 is 15.7. The number of benzene rings is 2. The molecule has 0 aliphatic carbocycles. The molecular formula is C23H20NO8S-. The van der Waals surface area contributed by atoms with Crippen molar-refractivity contribution >= 4 is 40.9 Å². The van der Waals surface area contributed by atoms with Gasteiger partial charge in [-0.05, 0) is 59.7 Å². The van der Waals surface area contributed by atoms with Gasteiger partial charge in [-0.1, -0.05) is 24.3 Å². The Morgan fingerprint density at radius 1 is 1.12 bits per heavy atom. The molecule has 2 amide bonds. The number of aromatic carboxylic acids is 1. The molecule has 0 N–H and O–H groups in total. The Morgan fingerprint density at radius 2 is 1.88 bits per heavy atom. The third-order valence-electron chi connectivity index (χ3n) is 4.80. The average molecular weight is 470 g/mol. The summed E-state index contributed by atoms with van der Waals surface area (Å²) in [6.45, 7) is 1.52. The van der Waals surface area contributed by atoms with Crippen LogP contribution >= 0.6 is 11.8 Å². The molecule has 0 aromatic heterocycles. The number of esters is 1. The Hall–Kier alpha value is -3.79. The van der Waals surface area contributed by atoms with Crippen LogP contribution in [-0.2, 0) is 20.9 Å². The van der Waals surface area contributed by atoms with Crippen LogP contribution in [0.5, 0.6) is 11.5 Å². The molecule has 2 aromatic carbocycles. The highest BCUT2D eigenvalue weighted by atomic mass is 32.2. The molecular weight excluding hydrogens is 450 g/mol. The fraction of sp³-hybridized carbons (Fsp3) is 0.217. The van der Waals surface area contributed by atoms with Gasteiger partial charge in [0.1, 0.15) is 12.6 Å². The van der Waals surface area contributed by atoms with Crippen LogP contribution in [0.1, 0.15) is 28.4 Å². The molecule has 1 saturated heterocycles. The number of hydrogen-bond acceptors (Lipinski definition) is 9. The lowest BCUT2D eigenvalue weighted by atomic mass is 10.1. The van der Waals surface area contributed by atoms with E-state index in [2.05, 4.69) is 4.74 Å². The Labute approximate surface area is 193 Å². The summed E-state index contributed by atoms with van der Waals surface area (Å²) in [6, 6.07) is 10.1. The number of thioether (sulfide) groups is 1. The van der Waals surface area contributed by atoms with Crippen molar-refractivity contribution in [2.45, 2.75) is 19.6 Å². The molecule has 10 heteroatoms. The SMILES string of the molecule is COC(=O)[C@@H](C)N1C(=O)S/C(=C\c2ccc(OCc3cccc(C(=O)[O-])c3)c(OC)c2)C1=O. The molecule has 1 heterocycles. The molecule has 1 fully saturated rings.